The summed E-state index contributed by atoms with van der Waals surface area (Å²) in [6.07, 6.45) is 1.16. The Bertz CT molecular complexity index is 1080. The lowest BCUT2D eigenvalue weighted by molar-refractivity contribution is -0.134. The van der Waals surface area contributed by atoms with Gasteiger partial charge in [0, 0.05) is 50.6 Å². The molecule has 2 aromatic rings. The maximum absolute atomic E-state index is 12.8. The second-order valence-electron chi connectivity index (χ2n) is 7.90. The molecule has 0 bridgehead atoms. The van der Waals surface area contributed by atoms with Crippen molar-refractivity contribution in [1.82, 2.24) is 14.1 Å². The van der Waals surface area contributed by atoms with Crippen LogP contribution in [0.25, 0.3) is 0 Å². The number of piperazine rings is 1. The Morgan fingerprint density at radius 1 is 1.06 bits per heavy atom. The second kappa shape index (κ2) is 9.70. The van der Waals surface area contributed by atoms with Crippen LogP contribution in [-0.2, 0) is 32.6 Å². The summed E-state index contributed by atoms with van der Waals surface area (Å²) < 4.78 is 32.3. The molecule has 0 unspecified atom stereocenters. The topological polar surface area (TPSA) is 87.2 Å². The van der Waals surface area contributed by atoms with Gasteiger partial charge in [0.25, 0.3) is 0 Å². The van der Waals surface area contributed by atoms with Crippen LogP contribution in [0.5, 0.6) is 5.06 Å². The van der Waals surface area contributed by atoms with Crippen molar-refractivity contribution >= 4 is 33.2 Å². The SMILES string of the molecule is CCC(=O)Oc1cc2c(s1)CCN(CC(=O)N1CCN(S(=O)(=O)c3ccccc3)CC1)C2. The molecule has 3 heterocycles. The molecule has 2 aliphatic rings. The molecule has 1 fully saturated rings. The van der Waals surface area contributed by atoms with E-state index in [0.29, 0.717) is 50.8 Å². The van der Waals surface area contributed by atoms with Crippen molar-refractivity contribution in [3.8, 4) is 5.06 Å². The number of amides is 1. The van der Waals surface area contributed by atoms with Crippen LogP contribution in [0.2, 0.25) is 0 Å². The molecule has 0 spiro atoms. The van der Waals surface area contributed by atoms with Crippen LogP contribution >= 0.6 is 11.3 Å². The molecule has 0 N–H and O–H groups in total. The fourth-order valence-electron chi connectivity index (χ4n) is 3.94. The third-order valence-electron chi connectivity index (χ3n) is 5.76. The third-order valence-corrected chi connectivity index (χ3v) is 8.79. The van der Waals surface area contributed by atoms with Crippen molar-refractivity contribution in [2.24, 2.45) is 0 Å². The molecule has 1 aromatic carbocycles. The van der Waals surface area contributed by atoms with E-state index in [9.17, 15) is 18.0 Å². The average molecular weight is 478 g/mol. The molecule has 32 heavy (non-hydrogen) atoms. The van der Waals surface area contributed by atoms with Gasteiger partial charge in [-0.1, -0.05) is 25.1 Å². The predicted octanol–water partition coefficient (Wildman–Crippen LogP) is 1.95. The minimum absolute atomic E-state index is 0.0121. The first-order valence-electron chi connectivity index (χ1n) is 10.7. The third kappa shape index (κ3) is 5.03. The zero-order valence-corrected chi connectivity index (χ0v) is 19.7. The molecule has 1 aromatic heterocycles. The largest absolute Gasteiger partial charge is 0.415 e. The summed E-state index contributed by atoms with van der Waals surface area (Å²) >= 11 is 1.50. The summed E-state index contributed by atoms with van der Waals surface area (Å²) in [4.78, 5) is 29.7. The maximum atomic E-state index is 12.8. The number of fused-ring (bicyclic) bond motifs is 1. The molecule has 1 amide bonds. The van der Waals surface area contributed by atoms with Gasteiger partial charge in [-0.15, -0.1) is 11.3 Å². The van der Waals surface area contributed by atoms with E-state index in [1.54, 1.807) is 42.2 Å². The van der Waals surface area contributed by atoms with Crippen LogP contribution in [0.15, 0.2) is 41.3 Å². The van der Waals surface area contributed by atoms with Crippen LogP contribution in [0.3, 0.4) is 0 Å². The molecule has 8 nitrogen and oxygen atoms in total. The van der Waals surface area contributed by atoms with Crippen LogP contribution < -0.4 is 4.74 Å². The molecule has 172 valence electrons. The summed E-state index contributed by atoms with van der Waals surface area (Å²) in [6.45, 7) is 4.84. The normalized spacial score (nSPS) is 17.7. The van der Waals surface area contributed by atoms with Crippen LogP contribution in [0.1, 0.15) is 23.8 Å². The van der Waals surface area contributed by atoms with Crippen LogP contribution in [0, 0.1) is 0 Å². The molecule has 0 aliphatic carbocycles. The summed E-state index contributed by atoms with van der Waals surface area (Å²) in [6, 6.07) is 10.3. The van der Waals surface area contributed by atoms with E-state index in [0.717, 1.165) is 18.5 Å². The molecular weight excluding hydrogens is 450 g/mol. The maximum Gasteiger partial charge on any atom is 0.311 e. The van der Waals surface area contributed by atoms with Crippen LogP contribution in [0.4, 0.5) is 0 Å². The molecule has 10 heteroatoms. The van der Waals surface area contributed by atoms with E-state index in [2.05, 4.69) is 4.90 Å². The van der Waals surface area contributed by atoms with E-state index >= 15 is 0 Å². The average Bonchev–Trinajstić information content (AvgIpc) is 3.21. The van der Waals surface area contributed by atoms with Gasteiger partial charge in [0.05, 0.1) is 11.4 Å². The lowest BCUT2D eigenvalue weighted by atomic mass is 10.1. The Hall–Kier alpha value is -2.27. The highest BCUT2D eigenvalue weighted by Gasteiger charge is 2.31. The van der Waals surface area contributed by atoms with Gasteiger partial charge in [0.2, 0.25) is 15.9 Å². The fraction of sp³-hybridized carbons (Fsp3) is 0.455. The quantitative estimate of drug-likeness (QED) is 0.591. The first kappa shape index (κ1) is 22.9. The number of rotatable bonds is 6. The van der Waals surface area contributed by atoms with Gasteiger partial charge in [0.15, 0.2) is 5.06 Å². The number of thiophene rings is 1. The van der Waals surface area contributed by atoms with E-state index in [-0.39, 0.29) is 16.8 Å². The smallest absolute Gasteiger partial charge is 0.311 e. The monoisotopic (exact) mass is 477 g/mol. The highest BCUT2D eigenvalue weighted by molar-refractivity contribution is 7.89. The first-order chi connectivity index (χ1) is 15.4. The van der Waals surface area contributed by atoms with Crippen molar-refractivity contribution in [2.45, 2.75) is 31.2 Å². The number of benzene rings is 1. The minimum Gasteiger partial charge on any atom is -0.415 e. The summed E-state index contributed by atoms with van der Waals surface area (Å²) in [7, 11) is -3.53. The van der Waals surface area contributed by atoms with Gasteiger partial charge in [-0.05, 0) is 30.2 Å². The lowest BCUT2D eigenvalue weighted by Gasteiger charge is -2.35. The van der Waals surface area contributed by atoms with Gasteiger partial charge < -0.3 is 9.64 Å². The molecule has 0 saturated carbocycles. The first-order valence-corrected chi connectivity index (χ1v) is 13.0. The van der Waals surface area contributed by atoms with E-state index in [1.807, 2.05) is 6.07 Å². The Kier molecular flexibility index (Phi) is 6.94. The molecule has 0 atom stereocenters. The summed E-state index contributed by atoms with van der Waals surface area (Å²) in [5.41, 5.74) is 1.10. The fourth-order valence-corrected chi connectivity index (χ4v) is 6.41. The number of carbonyl (C=O) groups is 2. The van der Waals surface area contributed by atoms with Crippen LogP contribution in [-0.4, -0.2) is 73.7 Å². The number of hydrogen-bond acceptors (Lipinski definition) is 7. The standard InChI is InChI=1S/C22H27N3O5S2/c1-2-21(27)30-22-14-17-15-23(9-8-19(17)31-22)16-20(26)24-10-12-25(13-11-24)32(28,29)18-6-4-3-5-7-18/h3-7,14H,2,8-13,15-16H2,1H3. The van der Waals surface area contributed by atoms with Crippen molar-refractivity contribution in [1.29, 1.82) is 0 Å². The number of carbonyl (C=O) groups excluding carboxylic acids is 2. The van der Waals surface area contributed by atoms with Gasteiger partial charge in [0.1, 0.15) is 0 Å². The molecule has 2 aliphatic heterocycles. The van der Waals surface area contributed by atoms with Crippen molar-refractivity contribution in [2.75, 3.05) is 39.3 Å². The van der Waals surface area contributed by atoms with Crippen molar-refractivity contribution in [3.63, 3.8) is 0 Å². The van der Waals surface area contributed by atoms with E-state index in [1.165, 1.54) is 20.5 Å². The van der Waals surface area contributed by atoms with Gasteiger partial charge in [-0.2, -0.15) is 4.31 Å². The number of esters is 1. The minimum atomic E-state index is -3.53. The zero-order valence-electron chi connectivity index (χ0n) is 18.0. The number of hydrogen-bond donors (Lipinski definition) is 0. The van der Waals surface area contributed by atoms with Gasteiger partial charge in [-0.25, -0.2) is 8.42 Å². The number of ether oxygens (including phenoxy) is 1. The van der Waals surface area contributed by atoms with E-state index < -0.39 is 10.0 Å². The van der Waals surface area contributed by atoms with Gasteiger partial charge >= 0.3 is 5.97 Å². The van der Waals surface area contributed by atoms with Gasteiger partial charge in [-0.3, -0.25) is 14.5 Å². The molecule has 1 saturated heterocycles. The lowest BCUT2D eigenvalue weighted by Crippen LogP contribution is -2.52. The molecule has 4 rings (SSSR count). The number of sulfonamides is 1. The molecule has 0 radical (unpaired) electrons. The Balaban J connectivity index is 1.30. The number of nitrogens with zero attached hydrogens (tertiary/aromatic N) is 3. The summed E-state index contributed by atoms with van der Waals surface area (Å²) in [5, 5.41) is 0.616. The summed E-state index contributed by atoms with van der Waals surface area (Å²) in [5.74, 6) is -0.234. The van der Waals surface area contributed by atoms with Crippen molar-refractivity contribution in [3.05, 3.63) is 46.8 Å². The highest BCUT2D eigenvalue weighted by Crippen LogP contribution is 2.33. The Morgan fingerprint density at radius 2 is 1.78 bits per heavy atom. The Labute approximate surface area is 192 Å². The molecular formula is C22H27N3O5S2. The van der Waals surface area contributed by atoms with E-state index in [4.69, 9.17) is 4.74 Å². The Morgan fingerprint density at radius 3 is 2.47 bits per heavy atom. The highest BCUT2D eigenvalue weighted by atomic mass is 32.2. The van der Waals surface area contributed by atoms with Crippen molar-refractivity contribution < 1.29 is 22.7 Å². The zero-order chi connectivity index (χ0) is 22.7. The second-order valence-corrected chi connectivity index (χ2v) is 10.9. The predicted molar refractivity (Wildman–Crippen MR) is 121 cm³/mol.